The molecule has 0 spiro atoms. The maximum absolute atomic E-state index is 12.1. The van der Waals surface area contributed by atoms with Gasteiger partial charge in [0, 0.05) is 17.9 Å². The topological polar surface area (TPSA) is 55.4 Å². The van der Waals surface area contributed by atoms with Crippen molar-refractivity contribution >= 4 is 40.8 Å². The van der Waals surface area contributed by atoms with Gasteiger partial charge in [-0.3, -0.25) is 9.59 Å². The molecule has 0 aliphatic heterocycles. The Morgan fingerprint density at radius 1 is 1.06 bits per heavy atom. The van der Waals surface area contributed by atoms with E-state index < -0.39 is 24.9 Å². The molecule has 0 heterocycles. The van der Waals surface area contributed by atoms with Gasteiger partial charge < -0.3 is 10.1 Å². The SMILES string of the molecule is CCOC(=O)CCc1ccc(Cl)c(NC(=O)CCC(F)(F)F)c1.Cc1cccc(Cl)c1. The number of halogens is 5. The number of aryl methyl sites for hydroxylation is 2. The van der Waals surface area contributed by atoms with Gasteiger partial charge in [-0.25, -0.2) is 0 Å². The molecule has 31 heavy (non-hydrogen) atoms. The van der Waals surface area contributed by atoms with Crippen LogP contribution in [0.2, 0.25) is 10.0 Å². The van der Waals surface area contributed by atoms with Crippen LogP contribution < -0.4 is 5.32 Å². The number of carbonyl (C=O) groups is 2. The molecule has 0 saturated carbocycles. The van der Waals surface area contributed by atoms with Crippen LogP contribution in [0.15, 0.2) is 42.5 Å². The van der Waals surface area contributed by atoms with Crippen molar-refractivity contribution in [3.8, 4) is 0 Å². The van der Waals surface area contributed by atoms with Gasteiger partial charge in [-0.1, -0.05) is 41.4 Å². The first-order chi connectivity index (χ1) is 14.5. The number of esters is 1. The van der Waals surface area contributed by atoms with Crippen molar-refractivity contribution in [3.63, 3.8) is 0 Å². The molecule has 0 atom stereocenters. The molecule has 1 amide bonds. The lowest BCUT2D eigenvalue weighted by Crippen LogP contribution is -2.16. The van der Waals surface area contributed by atoms with Crippen molar-refractivity contribution in [2.45, 2.75) is 45.7 Å². The molecule has 0 aliphatic carbocycles. The lowest BCUT2D eigenvalue weighted by atomic mass is 10.1. The molecule has 9 heteroatoms. The Morgan fingerprint density at radius 2 is 1.77 bits per heavy atom. The van der Waals surface area contributed by atoms with E-state index in [2.05, 4.69) is 5.32 Å². The van der Waals surface area contributed by atoms with E-state index in [1.165, 1.54) is 17.7 Å². The molecule has 0 aliphatic rings. The number of nitrogens with one attached hydrogen (secondary N) is 1. The lowest BCUT2D eigenvalue weighted by molar-refractivity contribution is -0.143. The maximum atomic E-state index is 12.1. The van der Waals surface area contributed by atoms with Crippen LogP contribution in [0.25, 0.3) is 0 Å². The molecule has 0 fully saturated rings. The van der Waals surface area contributed by atoms with E-state index >= 15 is 0 Å². The molecule has 170 valence electrons. The molecule has 2 aromatic carbocycles. The Bertz CT molecular complexity index is 856. The summed E-state index contributed by atoms with van der Waals surface area (Å²) in [6, 6.07) is 12.5. The molecule has 0 radical (unpaired) electrons. The summed E-state index contributed by atoms with van der Waals surface area (Å²) < 4.78 is 41.1. The number of hydrogen-bond acceptors (Lipinski definition) is 3. The zero-order valence-corrected chi connectivity index (χ0v) is 18.7. The van der Waals surface area contributed by atoms with Gasteiger partial charge in [0.25, 0.3) is 0 Å². The van der Waals surface area contributed by atoms with Gasteiger partial charge in [0.15, 0.2) is 0 Å². The number of anilines is 1. The van der Waals surface area contributed by atoms with Crippen LogP contribution in [-0.4, -0.2) is 24.7 Å². The Kier molecular flexibility index (Phi) is 11.4. The Labute approximate surface area is 189 Å². The minimum atomic E-state index is -4.39. The molecule has 2 aromatic rings. The highest BCUT2D eigenvalue weighted by Crippen LogP contribution is 2.25. The van der Waals surface area contributed by atoms with Crippen LogP contribution in [0.1, 0.15) is 37.3 Å². The van der Waals surface area contributed by atoms with E-state index in [4.69, 9.17) is 27.9 Å². The number of carbonyl (C=O) groups excluding carboxylic acids is 2. The number of benzene rings is 2. The molecular formula is C22H24Cl2F3NO3. The summed E-state index contributed by atoms with van der Waals surface area (Å²) in [6.07, 6.45) is -5.72. The normalized spacial score (nSPS) is 10.7. The highest BCUT2D eigenvalue weighted by atomic mass is 35.5. The molecule has 0 saturated heterocycles. The van der Waals surface area contributed by atoms with E-state index in [1.807, 2.05) is 31.2 Å². The standard InChI is InChI=1S/C15H17ClF3NO3.C7H7Cl/c1-2-23-14(22)6-4-10-3-5-11(16)12(9-10)20-13(21)7-8-15(17,18)19;1-6-3-2-4-7(8)5-6/h3,5,9H,2,4,6-8H2,1H3,(H,20,21);2-5H,1H3. The minimum Gasteiger partial charge on any atom is -0.466 e. The van der Waals surface area contributed by atoms with E-state index in [9.17, 15) is 22.8 Å². The van der Waals surface area contributed by atoms with Crippen molar-refractivity contribution < 1.29 is 27.5 Å². The zero-order chi connectivity index (χ0) is 23.4. The van der Waals surface area contributed by atoms with Gasteiger partial charge in [-0.2, -0.15) is 13.2 Å². The van der Waals surface area contributed by atoms with Crippen molar-refractivity contribution in [1.82, 2.24) is 0 Å². The maximum Gasteiger partial charge on any atom is 0.389 e. The van der Waals surface area contributed by atoms with Gasteiger partial charge in [-0.15, -0.1) is 0 Å². The van der Waals surface area contributed by atoms with Gasteiger partial charge >= 0.3 is 12.1 Å². The first kappa shape index (κ1) is 26.8. The molecule has 0 bridgehead atoms. The molecule has 4 nitrogen and oxygen atoms in total. The van der Waals surface area contributed by atoms with E-state index in [1.54, 1.807) is 13.0 Å². The van der Waals surface area contributed by atoms with Crippen LogP contribution in [0.4, 0.5) is 18.9 Å². The average Bonchev–Trinajstić information content (AvgIpc) is 2.67. The second kappa shape index (κ2) is 13.2. The fourth-order valence-corrected chi connectivity index (χ4v) is 2.79. The quantitative estimate of drug-likeness (QED) is 0.447. The van der Waals surface area contributed by atoms with E-state index in [-0.39, 0.29) is 23.1 Å². The summed E-state index contributed by atoms with van der Waals surface area (Å²) in [5.74, 6) is -1.12. The number of rotatable bonds is 7. The number of amides is 1. The Hall–Kier alpha value is -2.25. The van der Waals surface area contributed by atoms with Crippen LogP contribution in [0.3, 0.4) is 0 Å². The molecular weight excluding hydrogens is 454 g/mol. The van der Waals surface area contributed by atoms with Crippen LogP contribution >= 0.6 is 23.2 Å². The summed E-state index contributed by atoms with van der Waals surface area (Å²) >= 11 is 11.6. The average molecular weight is 478 g/mol. The van der Waals surface area contributed by atoms with Gasteiger partial charge in [0.2, 0.25) is 5.91 Å². The summed E-state index contributed by atoms with van der Waals surface area (Å²) in [7, 11) is 0. The van der Waals surface area contributed by atoms with E-state index in [0.29, 0.717) is 18.6 Å². The number of alkyl halides is 3. The monoisotopic (exact) mass is 477 g/mol. The fraction of sp³-hybridized carbons (Fsp3) is 0.364. The molecule has 0 unspecified atom stereocenters. The summed E-state index contributed by atoms with van der Waals surface area (Å²) in [6.45, 7) is 4.01. The highest BCUT2D eigenvalue weighted by Gasteiger charge is 2.28. The predicted octanol–water partition coefficient (Wildman–Crippen LogP) is 6.77. The van der Waals surface area contributed by atoms with Gasteiger partial charge in [0.05, 0.1) is 23.7 Å². The predicted molar refractivity (Wildman–Crippen MR) is 117 cm³/mol. The van der Waals surface area contributed by atoms with Crippen LogP contribution in [-0.2, 0) is 20.7 Å². The van der Waals surface area contributed by atoms with Crippen LogP contribution in [0, 0.1) is 6.92 Å². The smallest absolute Gasteiger partial charge is 0.389 e. The van der Waals surface area contributed by atoms with Crippen molar-refractivity contribution in [3.05, 3.63) is 63.6 Å². The largest absolute Gasteiger partial charge is 0.466 e. The second-order valence-electron chi connectivity index (χ2n) is 6.58. The van der Waals surface area contributed by atoms with Crippen molar-refractivity contribution in [2.24, 2.45) is 0 Å². The molecule has 1 N–H and O–H groups in total. The Balaban J connectivity index is 0.000000500. The zero-order valence-electron chi connectivity index (χ0n) is 17.2. The third-order valence-corrected chi connectivity index (χ3v) is 4.41. The molecule has 0 aromatic heterocycles. The van der Waals surface area contributed by atoms with Crippen molar-refractivity contribution in [2.75, 3.05) is 11.9 Å². The van der Waals surface area contributed by atoms with Gasteiger partial charge in [-0.05, 0) is 55.7 Å². The molecule has 2 rings (SSSR count). The fourth-order valence-electron chi connectivity index (χ4n) is 2.38. The Morgan fingerprint density at radius 3 is 2.32 bits per heavy atom. The number of ether oxygens (including phenoxy) is 1. The van der Waals surface area contributed by atoms with E-state index in [0.717, 1.165) is 5.02 Å². The first-order valence-corrected chi connectivity index (χ1v) is 10.3. The number of hydrogen-bond donors (Lipinski definition) is 1. The summed E-state index contributed by atoms with van der Waals surface area (Å²) in [5.41, 5.74) is 2.14. The summed E-state index contributed by atoms with van der Waals surface area (Å²) in [5, 5.41) is 3.37. The lowest BCUT2D eigenvalue weighted by Gasteiger charge is -2.10. The highest BCUT2D eigenvalue weighted by molar-refractivity contribution is 6.33. The van der Waals surface area contributed by atoms with Crippen molar-refractivity contribution in [1.29, 1.82) is 0 Å². The summed E-state index contributed by atoms with van der Waals surface area (Å²) in [4.78, 5) is 22.8. The first-order valence-electron chi connectivity index (χ1n) is 9.53. The van der Waals surface area contributed by atoms with Crippen LogP contribution in [0.5, 0.6) is 0 Å². The third kappa shape index (κ3) is 12.3. The third-order valence-electron chi connectivity index (χ3n) is 3.84. The second-order valence-corrected chi connectivity index (χ2v) is 7.43. The van der Waals surface area contributed by atoms with Gasteiger partial charge in [0.1, 0.15) is 0 Å². The minimum absolute atomic E-state index is 0.164.